The van der Waals surface area contributed by atoms with E-state index in [-0.39, 0.29) is 18.0 Å². The maximum atomic E-state index is 13.4. The highest BCUT2D eigenvalue weighted by Gasteiger charge is 2.61. The molecule has 0 saturated heterocycles. The van der Waals surface area contributed by atoms with Gasteiger partial charge in [0.05, 0.1) is 18.1 Å². The number of carbonyl (C=O) groups is 3. The van der Waals surface area contributed by atoms with Crippen molar-refractivity contribution in [3.63, 3.8) is 0 Å². The molecule has 180 valence electrons. The summed E-state index contributed by atoms with van der Waals surface area (Å²) in [5, 5.41) is 3.18. The average Bonchev–Trinajstić information content (AvgIpc) is 3.09. The minimum atomic E-state index is -0.506. The number of esters is 2. The first kappa shape index (κ1) is 23.1. The van der Waals surface area contributed by atoms with E-state index in [0.717, 1.165) is 42.5 Å². The highest BCUT2D eigenvalue weighted by molar-refractivity contribution is 7.16. The summed E-state index contributed by atoms with van der Waals surface area (Å²) >= 11 is 1.32. The summed E-state index contributed by atoms with van der Waals surface area (Å²) in [5.74, 6) is -0.120. The summed E-state index contributed by atoms with van der Waals surface area (Å²) < 4.78 is 10.5. The van der Waals surface area contributed by atoms with Crippen molar-refractivity contribution in [3.05, 3.63) is 51.9 Å². The Kier molecular flexibility index (Phi) is 5.79. The monoisotopic (exact) mass is 481 g/mol. The summed E-state index contributed by atoms with van der Waals surface area (Å²) in [6.45, 7) is 3.35. The van der Waals surface area contributed by atoms with E-state index < -0.39 is 17.3 Å². The van der Waals surface area contributed by atoms with Crippen LogP contribution in [0.3, 0.4) is 0 Å². The number of nitrogens with one attached hydrogen (secondary N) is 1. The number of methoxy groups -OCH3 is 1. The number of aryl methyl sites for hydroxylation is 1. The molecule has 6 nitrogen and oxygen atoms in total. The molecule has 4 aliphatic rings. The highest BCUT2D eigenvalue weighted by atomic mass is 32.1. The third-order valence-electron chi connectivity index (χ3n) is 8.24. The van der Waals surface area contributed by atoms with Crippen LogP contribution in [-0.2, 0) is 24.5 Å². The third kappa shape index (κ3) is 3.84. The van der Waals surface area contributed by atoms with Crippen LogP contribution in [0, 0.1) is 31.1 Å². The number of rotatable bonds is 6. The fraction of sp³-hybridized carbons (Fsp3) is 0.519. The number of anilines is 1. The molecule has 0 aliphatic heterocycles. The van der Waals surface area contributed by atoms with Gasteiger partial charge >= 0.3 is 11.9 Å². The van der Waals surface area contributed by atoms with Gasteiger partial charge in [0.1, 0.15) is 5.00 Å². The van der Waals surface area contributed by atoms with Crippen LogP contribution >= 0.6 is 11.3 Å². The number of thiophene rings is 1. The number of hydrogen-bond acceptors (Lipinski definition) is 6. The minimum absolute atomic E-state index is 0.0358. The maximum absolute atomic E-state index is 13.4. The van der Waals surface area contributed by atoms with Gasteiger partial charge in [-0.3, -0.25) is 9.59 Å². The van der Waals surface area contributed by atoms with Gasteiger partial charge in [0, 0.05) is 4.88 Å². The summed E-state index contributed by atoms with van der Waals surface area (Å²) in [5.41, 5.74) is 2.00. The van der Waals surface area contributed by atoms with Gasteiger partial charge in [0.15, 0.2) is 6.61 Å². The molecule has 0 spiro atoms. The molecule has 1 amide bonds. The second-order valence-electron chi connectivity index (χ2n) is 10.5. The molecule has 0 radical (unpaired) electrons. The first-order valence-corrected chi connectivity index (χ1v) is 12.8. The van der Waals surface area contributed by atoms with Crippen LogP contribution < -0.4 is 5.32 Å². The Morgan fingerprint density at radius 3 is 2.38 bits per heavy atom. The van der Waals surface area contributed by atoms with Crippen molar-refractivity contribution >= 4 is 34.2 Å². The Bertz CT molecular complexity index is 1120. The molecule has 1 aromatic heterocycles. The van der Waals surface area contributed by atoms with E-state index >= 15 is 0 Å². The lowest BCUT2D eigenvalue weighted by Gasteiger charge is -2.61. The number of ether oxygens (including phenoxy) is 2. The minimum Gasteiger partial charge on any atom is -0.465 e. The summed E-state index contributed by atoms with van der Waals surface area (Å²) in [6.07, 6.45) is 5.97. The molecule has 4 fully saturated rings. The second kappa shape index (κ2) is 8.52. The van der Waals surface area contributed by atoms with Crippen LogP contribution in [0.5, 0.6) is 0 Å². The Labute approximate surface area is 204 Å². The summed E-state index contributed by atoms with van der Waals surface area (Å²) in [4.78, 5) is 39.2. The molecule has 34 heavy (non-hydrogen) atoms. The van der Waals surface area contributed by atoms with Crippen LogP contribution in [0.15, 0.2) is 30.3 Å². The van der Waals surface area contributed by atoms with E-state index in [4.69, 9.17) is 9.47 Å². The molecular formula is C27H31NO5S. The number of carbonyl (C=O) groups excluding carboxylic acids is 3. The molecule has 4 aliphatic carbocycles. The van der Waals surface area contributed by atoms with E-state index in [9.17, 15) is 14.4 Å². The topological polar surface area (TPSA) is 81.7 Å². The molecule has 2 aromatic rings. The van der Waals surface area contributed by atoms with Crippen molar-refractivity contribution in [1.29, 1.82) is 0 Å². The van der Waals surface area contributed by atoms with Crippen LogP contribution in [0.4, 0.5) is 5.00 Å². The van der Waals surface area contributed by atoms with Crippen molar-refractivity contribution in [2.45, 2.75) is 57.8 Å². The summed E-state index contributed by atoms with van der Waals surface area (Å²) in [6, 6.07) is 10.6. The van der Waals surface area contributed by atoms with Gasteiger partial charge in [-0.2, -0.15) is 0 Å². The zero-order chi connectivity index (χ0) is 24.1. The molecule has 1 heterocycles. The van der Waals surface area contributed by atoms with Gasteiger partial charge in [0.2, 0.25) is 0 Å². The van der Waals surface area contributed by atoms with Crippen molar-refractivity contribution in [2.24, 2.45) is 17.3 Å². The van der Waals surface area contributed by atoms with Gasteiger partial charge < -0.3 is 14.8 Å². The molecule has 4 saturated carbocycles. The Morgan fingerprint density at radius 1 is 1.06 bits per heavy atom. The van der Waals surface area contributed by atoms with Crippen LogP contribution in [0.25, 0.3) is 0 Å². The smallest absolute Gasteiger partial charge is 0.341 e. The molecule has 4 bridgehead atoms. The van der Waals surface area contributed by atoms with Crippen molar-refractivity contribution in [1.82, 2.24) is 0 Å². The van der Waals surface area contributed by atoms with E-state index in [0.29, 0.717) is 22.4 Å². The van der Waals surface area contributed by atoms with Crippen LogP contribution in [0.2, 0.25) is 0 Å². The predicted octanol–water partition coefficient (Wildman–Crippen LogP) is 5.17. The largest absolute Gasteiger partial charge is 0.465 e. The van der Waals surface area contributed by atoms with Crippen LogP contribution in [-0.4, -0.2) is 31.6 Å². The van der Waals surface area contributed by atoms with Gasteiger partial charge in [-0.15, -0.1) is 11.3 Å². The predicted molar refractivity (Wildman–Crippen MR) is 130 cm³/mol. The highest BCUT2D eigenvalue weighted by Crippen LogP contribution is 2.66. The van der Waals surface area contributed by atoms with Gasteiger partial charge in [-0.1, -0.05) is 30.3 Å². The van der Waals surface area contributed by atoms with E-state index in [1.54, 1.807) is 0 Å². The lowest BCUT2D eigenvalue weighted by atomic mass is 9.43. The fourth-order valence-corrected chi connectivity index (χ4v) is 8.21. The number of hydrogen-bond donors (Lipinski definition) is 1. The van der Waals surface area contributed by atoms with E-state index in [1.807, 2.05) is 19.9 Å². The number of amides is 1. The first-order chi connectivity index (χ1) is 16.2. The second-order valence-corrected chi connectivity index (χ2v) is 11.7. The molecule has 2 atom stereocenters. The van der Waals surface area contributed by atoms with Gasteiger partial charge in [-0.25, -0.2) is 4.79 Å². The average molecular weight is 482 g/mol. The lowest BCUT2D eigenvalue weighted by molar-refractivity contribution is -0.175. The van der Waals surface area contributed by atoms with Gasteiger partial charge in [-0.05, 0) is 80.8 Å². The molecule has 7 heteroatoms. The molecular weight excluding hydrogens is 450 g/mol. The van der Waals surface area contributed by atoms with Crippen molar-refractivity contribution in [3.8, 4) is 0 Å². The zero-order valence-electron chi connectivity index (χ0n) is 19.9. The molecule has 1 N–H and O–H groups in total. The quantitative estimate of drug-likeness (QED) is 0.576. The normalized spacial score (nSPS) is 29.0. The number of benzene rings is 1. The summed E-state index contributed by atoms with van der Waals surface area (Å²) in [7, 11) is 1.32. The lowest BCUT2D eigenvalue weighted by Crippen LogP contribution is -2.57. The van der Waals surface area contributed by atoms with Gasteiger partial charge in [0.25, 0.3) is 5.91 Å². The SMILES string of the molecule is COC(=O)c1c(NC(=O)COC(=O)C23CC4CC(C2)CC(c2ccccc2)(C4)C3)sc(C)c1C. The van der Waals surface area contributed by atoms with Crippen molar-refractivity contribution < 1.29 is 23.9 Å². The third-order valence-corrected chi connectivity index (χ3v) is 9.37. The zero-order valence-corrected chi connectivity index (χ0v) is 20.8. The van der Waals surface area contributed by atoms with Crippen LogP contribution in [0.1, 0.15) is 64.9 Å². The standard InChI is InChI=1S/C27H31NO5S/c1-16-17(2)34-23(22(16)24(30)32-3)28-21(29)14-33-25(31)27-12-18-9-19(13-27)11-26(10-18,15-27)20-7-5-4-6-8-20/h4-8,18-19H,9-15H2,1-3H3,(H,28,29). The first-order valence-electron chi connectivity index (χ1n) is 12.0. The van der Waals surface area contributed by atoms with Crippen molar-refractivity contribution in [2.75, 3.05) is 19.0 Å². The Morgan fingerprint density at radius 2 is 1.74 bits per heavy atom. The Balaban J connectivity index is 1.29. The molecule has 6 rings (SSSR count). The van der Waals surface area contributed by atoms with E-state index in [1.165, 1.54) is 30.4 Å². The molecule has 2 unspecified atom stereocenters. The fourth-order valence-electron chi connectivity index (χ4n) is 7.14. The molecule has 1 aromatic carbocycles. The Hall–Kier alpha value is -2.67. The maximum Gasteiger partial charge on any atom is 0.341 e. The van der Waals surface area contributed by atoms with E-state index in [2.05, 4.69) is 29.6 Å².